The lowest BCUT2D eigenvalue weighted by Crippen LogP contribution is -2.25. The number of benzene rings is 2. The van der Waals surface area contributed by atoms with Crippen molar-refractivity contribution >= 4 is 64.1 Å². The normalized spacial score (nSPS) is 10.6. The molecule has 7 nitrogen and oxygen atoms in total. The number of anilines is 1. The van der Waals surface area contributed by atoms with Crippen molar-refractivity contribution in [2.24, 2.45) is 0 Å². The van der Waals surface area contributed by atoms with Crippen molar-refractivity contribution < 1.29 is 9.59 Å². The molecule has 0 saturated heterocycles. The monoisotopic (exact) mass is 509 g/mol. The quantitative estimate of drug-likeness (QED) is 0.309. The number of rotatable bonds is 9. The predicted molar refractivity (Wildman–Crippen MR) is 129 cm³/mol. The van der Waals surface area contributed by atoms with Gasteiger partial charge in [0.1, 0.15) is 0 Å². The summed E-state index contributed by atoms with van der Waals surface area (Å²) in [5, 5.41) is 15.6. The Labute approximate surface area is 204 Å². The number of halogens is 3. The van der Waals surface area contributed by atoms with E-state index in [2.05, 4.69) is 27.4 Å². The summed E-state index contributed by atoms with van der Waals surface area (Å²) in [6, 6.07) is 11.5. The Hall–Kier alpha value is -2.52. The number of hydrogen-bond donors (Lipinski definition) is 2. The molecular weight excluding hydrogens is 493 g/mol. The molecule has 2 N–H and O–H groups in total. The average Bonchev–Trinajstić information content (AvgIpc) is 3.14. The number of nitrogens with zero attached hydrogens (tertiary/aromatic N) is 3. The minimum absolute atomic E-state index is 0.122. The topological polar surface area (TPSA) is 88.9 Å². The molecule has 0 fully saturated rings. The highest BCUT2D eigenvalue weighted by molar-refractivity contribution is 7.99. The van der Waals surface area contributed by atoms with Crippen molar-refractivity contribution in [1.82, 2.24) is 20.1 Å². The van der Waals surface area contributed by atoms with Crippen molar-refractivity contribution in [1.29, 1.82) is 0 Å². The number of nitrogens with one attached hydrogen (secondary N) is 2. The Morgan fingerprint density at radius 3 is 2.62 bits per heavy atom. The molecule has 1 heterocycles. The van der Waals surface area contributed by atoms with E-state index < -0.39 is 0 Å². The molecule has 0 atom stereocenters. The van der Waals surface area contributed by atoms with E-state index in [4.69, 9.17) is 34.8 Å². The van der Waals surface area contributed by atoms with E-state index in [1.807, 2.05) is 0 Å². The van der Waals surface area contributed by atoms with E-state index in [9.17, 15) is 9.59 Å². The number of carbonyl (C=O) groups excluding carboxylic acids is 2. The zero-order valence-corrected chi connectivity index (χ0v) is 19.7. The second-order valence-electron chi connectivity index (χ2n) is 6.46. The van der Waals surface area contributed by atoms with Crippen LogP contribution in [0.2, 0.25) is 15.1 Å². The van der Waals surface area contributed by atoms with Gasteiger partial charge >= 0.3 is 0 Å². The lowest BCUT2D eigenvalue weighted by atomic mass is 10.2. The van der Waals surface area contributed by atoms with Gasteiger partial charge in [0.25, 0.3) is 5.91 Å². The Morgan fingerprint density at radius 1 is 1.09 bits per heavy atom. The lowest BCUT2D eigenvalue weighted by molar-refractivity contribution is -0.113. The highest BCUT2D eigenvalue weighted by Crippen LogP contribution is 2.23. The van der Waals surface area contributed by atoms with Gasteiger partial charge in [0, 0.05) is 22.8 Å². The third-order valence-corrected chi connectivity index (χ3v) is 6.08. The van der Waals surface area contributed by atoms with Gasteiger partial charge < -0.3 is 15.2 Å². The molecular formula is C21H18Cl3N5O2S. The summed E-state index contributed by atoms with van der Waals surface area (Å²) >= 11 is 19.0. The van der Waals surface area contributed by atoms with Crippen molar-refractivity contribution in [2.45, 2.75) is 18.2 Å². The number of hydrogen-bond acceptors (Lipinski definition) is 5. The minimum atomic E-state index is -0.327. The molecule has 0 radical (unpaired) electrons. The van der Waals surface area contributed by atoms with Crippen LogP contribution in [0.3, 0.4) is 0 Å². The molecule has 0 saturated carbocycles. The number of amides is 2. The number of carbonyl (C=O) groups is 2. The second-order valence-corrected chi connectivity index (χ2v) is 8.65. The van der Waals surface area contributed by atoms with Gasteiger partial charge in [0.05, 0.1) is 22.3 Å². The molecule has 2 aromatic carbocycles. The summed E-state index contributed by atoms with van der Waals surface area (Å²) in [5.41, 5.74) is 0.989. The third-order valence-electron chi connectivity index (χ3n) is 4.13. The third kappa shape index (κ3) is 6.49. The van der Waals surface area contributed by atoms with Crippen LogP contribution in [0.25, 0.3) is 0 Å². The molecule has 11 heteroatoms. The molecule has 3 aromatic rings. The SMILES string of the molecule is C=CCn1c(CNC(=O)c2ccc(Cl)c(Cl)c2)nnc1SCC(=O)Nc1cccc(Cl)c1. The fraction of sp³-hybridized carbons (Fsp3) is 0.143. The lowest BCUT2D eigenvalue weighted by Gasteiger charge is -2.09. The van der Waals surface area contributed by atoms with Crippen LogP contribution in [0, 0.1) is 0 Å². The van der Waals surface area contributed by atoms with E-state index in [0.29, 0.717) is 43.8 Å². The van der Waals surface area contributed by atoms with Gasteiger partial charge in [-0.1, -0.05) is 58.7 Å². The van der Waals surface area contributed by atoms with Gasteiger partial charge in [0.15, 0.2) is 11.0 Å². The summed E-state index contributed by atoms with van der Waals surface area (Å²) < 4.78 is 1.78. The fourth-order valence-electron chi connectivity index (χ4n) is 2.66. The van der Waals surface area contributed by atoms with Gasteiger partial charge in [-0.05, 0) is 36.4 Å². The van der Waals surface area contributed by atoms with Crippen LogP contribution in [0.1, 0.15) is 16.2 Å². The Bertz CT molecular complexity index is 1150. The van der Waals surface area contributed by atoms with Gasteiger partial charge in [-0.3, -0.25) is 9.59 Å². The van der Waals surface area contributed by atoms with E-state index in [1.165, 1.54) is 17.8 Å². The zero-order chi connectivity index (χ0) is 23.1. The molecule has 1 aromatic heterocycles. The van der Waals surface area contributed by atoms with Gasteiger partial charge in [0.2, 0.25) is 5.91 Å². The highest BCUT2D eigenvalue weighted by atomic mass is 35.5. The van der Waals surface area contributed by atoms with Crippen molar-refractivity contribution in [2.75, 3.05) is 11.1 Å². The molecule has 0 aliphatic heterocycles. The first kappa shape index (κ1) is 24.1. The Kier molecular flexibility index (Phi) is 8.58. The molecule has 3 rings (SSSR count). The highest BCUT2D eigenvalue weighted by Gasteiger charge is 2.15. The molecule has 166 valence electrons. The first-order valence-electron chi connectivity index (χ1n) is 9.32. The molecule has 0 unspecified atom stereocenters. The number of aromatic nitrogens is 3. The molecule has 2 amide bonds. The van der Waals surface area contributed by atoms with Gasteiger partial charge in [-0.15, -0.1) is 16.8 Å². The molecule has 0 spiro atoms. The second kappa shape index (κ2) is 11.4. The molecule has 0 aliphatic carbocycles. The number of allylic oxidation sites excluding steroid dienone is 1. The van der Waals surface area contributed by atoms with Gasteiger partial charge in [-0.2, -0.15) is 0 Å². The smallest absolute Gasteiger partial charge is 0.251 e. The Balaban J connectivity index is 1.61. The number of thioether (sulfide) groups is 1. The van der Waals surface area contributed by atoms with Crippen molar-refractivity contribution in [3.8, 4) is 0 Å². The van der Waals surface area contributed by atoms with Gasteiger partial charge in [-0.25, -0.2) is 0 Å². The van der Waals surface area contributed by atoms with Crippen LogP contribution in [-0.2, 0) is 17.9 Å². The van der Waals surface area contributed by atoms with Crippen LogP contribution < -0.4 is 10.6 Å². The first-order chi connectivity index (χ1) is 15.4. The van der Waals surface area contributed by atoms with E-state index in [-0.39, 0.29) is 24.1 Å². The average molecular weight is 511 g/mol. The molecule has 0 bridgehead atoms. The first-order valence-corrected chi connectivity index (χ1v) is 11.4. The van der Waals surface area contributed by atoms with E-state index in [0.717, 1.165) is 0 Å². The van der Waals surface area contributed by atoms with Crippen molar-refractivity contribution in [3.05, 3.63) is 81.6 Å². The van der Waals surface area contributed by atoms with Crippen LogP contribution >= 0.6 is 46.6 Å². The zero-order valence-electron chi connectivity index (χ0n) is 16.6. The predicted octanol–water partition coefficient (Wildman–Crippen LogP) is 5.09. The molecule has 32 heavy (non-hydrogen) atoms. The molecule has 0 aliphatic rings. The van der Waals surface area contributed by atoms with Crippen LogP contribution in [0.4, 0.5) is 5.69 Å². The van der Waals surface area contributed by atoms with Crippen LogP contribution in [0.5, 0.6) is 0 Å². The maximum Gasteiger partial charge on any atom is 0.251 e. The summed E-state index contributed by atoms with van der Waals surface area (Å²) in [6.07, 6.45) is 1.68. The summed E-state index contributed by atoms with van der Waals surface area (Å²) in [7, 11) is 0. The summed E-state index contributed by atoms with van der Waals surface area (Å²) in [4.78, 5) is 24.7. The van der Waals surface area contributed by atoms with Crippen molar-refractivity contribution in [3.63, 3.8) is 0 Å². The fourth-order valence-corrected chi connectivity index (χ4v) is 3.92. The summed E-state index contributed by atoms with van der Waals surface area (Å²) in [5.74, 6) is 0.111. The maximum absolute atomic E-state index is 12.4. The maximum atomic E-state index is 12.4. The van der Waals surface area contributed by atoms with Crippen LogP contribution in [-0.4, -0.2) is 32.3 Å². The Morgan fingerprint density at radius 2 is 1.91 bits per heavy atom. The standard InChI is InChI=1S/C21H18Cl3N5O2S/c1-2-8-29-18(11-25-20(31)13-6-7-16(23)17(24)9-13)27-28-21(29)32-12-19(30)26-15-5-3-4-14(22)10-15/h2-7,9-10H,1,8,11-12H2,(H,25,31)(H,26,30). The summed E-state index contributed by atoms with van der Waals surface area (Å²) in [6.45, 7) is 4.30. The van der Waals surface area contributed by atoms with Crippen LogP contribution in [0.15, 0.2) is 60.3 Å². The largest absolute Gasteiger partial charge is 0.345 e. The minimum Gasteiger partial charge on any atom is -0.345 e. The van der Waals surface area contributed by atoms with E-state index >= 15 is 0 Å². The van der Waals surface area contributed by atoms with E-state index in [1.54, 1.807) is 47.0 Å².